The maximum atomic E-state index is 12.4. The molecule has 4 heteroatoms. The summed E-state index contributed by atoms with van der Waals surface area (Å²) in [6.45, 7) is 2.10. The van der Waals surface area contributed by atoms with Crippen molar-refractivity contribution in [1.29, 1.82) is 0 Å². The highest BCUT2D eigenvalue weighted by Gasteiger charge is 2.27. The number of benzene rings is 1. The zero-order valence-electron chi connectivity index (χ0n) is 10.5. The third kappa shape index (κ3) is 2.71. The Morgan fingerprint density at radius 3 is 2.89 bits per heavy atom. The minimum absolute atomic E-state index is 0.0648. The molecule has 0 saturated carbocycles. The van der Waals surface area contributed by atoms with E-state index in [0.29, 0.717) is 13.1 Å². The lowest BCUT2D eigenvalue weighted by molar-refractivity contribution is 0.0781. The van der Waals surface area contributed by atoms with Crippen LogP contribution in [0.15, 0.2) is 24.3 Å². The molecule has 18 heavy (non-hydrogen) atoms. The molecule has 0 aromatic heterocycles. The van der Waals surface area contributed by atoms with Crippen LogP contribution >= 0.6 is 0 Å². The lowest BCUT2D eigenvalue weighted by Crippen LogP contribution is -2.30. The molecule has 2 rings (SSSR count). The van der Waals surface area contributed by atoms with Gasteiger partial charge in [0.25, 0.3) is 5.91 Å². The number of likely N-dealkylation sites (tertiary alicyclic amines) is 1. The van der Waals surface area contributed by atoms with Crippen LogP contribution in [0.25, 0.3) is 0 Å². The highest BCUT2D eigenvalue weighted by molar-refractivity contribution is 5.95. The van der Waals surface area contributed by atoms with Gasteiger partial charge in [-0.2, -0.15) is 0 Å². The summed E-state index contributed by atoms with van der Waals surface area (Å²) in [6, 6.07) is 7.63. The Hall–Kier alpha value is -1.39. The summed E-state index contributed by atoms with van der Waals surface area (Å²) in [7, 11) is 0. The minimum atomic E-state index is 0.0648. The molecule has 1 heterocycles. The van der Waals surface area contributed by atoms with Gasteiger partial charge >= 0.3 is 0 Å². The first-order valence-corrected chi connectivity index (χ1v) is 6.44. The van der Waals surface area contributed by atoms with E-state index < -0.39 is 0 Å². The average Bonchev–Trinajstić information content (AvgIpc) is 2.88. The summed E-state index contributed by atoms with van der Waals surface area (Å²) in [5, 5.41) is 9.12. The number of nitrogens with two attached hydrogens (primary N) is 1. The Balaban J connectivity index is 2.14. The molecule has 1 unspecified atom stereocenters. The molecule has 98 valence electrons. The number of aliphatic hydroxyl groups excluding tert-OH is 1. The molecule has 1 fully saturated rings. The number of carbonyl (C=O) groups excluding carboxylic acids is 1. The molecule has 1 atom stereocenters. The lowest BCUT2D eigenvalue weighted by atomic mass is 10.0. The maximum Gasteiger partial charge on any atom is 0.254 e. The van der Waals surface area contributed by atoms with Crippen LogP contribution in [-0.4, -0.2) is 42.2 Å². The number of rotatable bonds is 4. The predicted octanol–water partition coefficient (Wildman–Crippen LogP) is 0.642. The van der Waals surface area contributed by atoms with Gasteiger partial charge in [-0.3, -0.25) is 4.79 Å². The van der Waals surface area contributed by atoms with Crippen LogP contribution in [0.3, 0.4) is 0 Å². The van der Waals surface area contributed by atoms with E-state index >= 15 is 0 Å². The van der Waals surface area contributed by atoms with Crippen LogP contribution in [0.4, 0.5) is 0 Å². The van der Waals surface area contributed by atoms with Crippen LogP contribution in [0.2, 0.25) is 0 Å². The van der Waals surface area contributed by atoms with Crippen LogP contribution in [-0.2, 0) is 6.42 Å². The predicted molar refractivity (Wildman–Crippen MR) is 70.3 cm³/mol. The van der Waals surface area contributed by atoms with Gasteiger partial charge < -0.3 is 15.7 Å². The van der Waals surface area contributed by atoms with Crippen molar-refractivity contribution in [3.8, 4) is 0 Å². The number of carbonyl (C=O) groups is 1. The van der Waals surface area contributed by atoms with E-state index in [1.54, 1.807) is 0 Å². The number of aliphatic hydroxyl groups is 1. The fourth-order valence-electron chi connectivity index (χ4n) is 2.44. The molecule has 1 aliphatic heterocycles. The van der Waals surface area contributed by atoms with E-state index in [4.69, 9.17) is 10.8 Å². The molecule has 1 aromatic carbocycles. The standard InChI is InChI=1S/C14H20N2O2/c15-7-5-12-3-1-2-4-13(12)14(18)16-8-6-11(9-16)10-17/h1-4,11,17H,5-10,15H2. The number of hydrogen-bond acceptors (Lipinski definition) is 3. The maximum absolute atomic E-state index is 12.4. The Labute approximate surface area is 107 Å². The molecule has 0 radical (unpaired) electrons. The summed E-state index contributed by atoms with van der Waals surface area (Å²) in [5.74, 6) is 0.297. The van der Waals surface area contributed by atoms with Crippen molar-refractivity contribution in [3.63, 3.8) is 0 Å². The molecular formula is C14H20N2O2. The van der Waals surface area contributed by atoms with E-state index in [1.807, 2.05) is 29.2 Å². The first-order chi connectivity index (χ1) is 8.76. The highest BCUT2D eigenvalue weighted by atomic mass is 16.3. The van der Waals surface area contributed by atoms with E-state index in [9.17, 15) is 4.79 Å². The molecular weight excluding hydrogens is 228 g/mol. The zero-order chi connectivity index (χ0) is 13.0. The summed E-state index contributed by atoms with van der Waals surface area (Å²) in [4.78, 5) is 14.2. The Morgan fingerprint density at radius 2 is 2.22 bits per heavy atom. The molecule has 4 nitrogen and oxygen atoms in total. The lowest BCUT2D eigenvalue weighted by Gasteiger charge is -2.18. The van der Waals surface area contributed by atoms with Gasteiger partial charge in [0.05, 0.1) is 0 Å². The van der Waals surface area contributed by atoms with Gasteiger partial charge in [-0.05, 0) is 31.0 Å². The van der Waals surface area contributed by atoms with Crippen molar-refractivity contribution in [1.82, 2.24) is 4.90 Å². The number of amides is 1. The topological polar surface area (TPSA) is 66.6 Å². The van der Waals surface area contributed by atoms with Crippen molar-refractivity contribution in [2.75, 3.05) is 26.2 Å². The summed E-state index contributed by atoms with van der Waals surface area (Å²) < 4.78 is 0. The zero-order valence-corrected chi connectivity index (χ0v) is 10.5. The van der Waals surface area contributed by atoms with Gasteiger partial charge in [0.1, 0.15) is 0 Å². The van der Waals surface area contributed by atoms with Gasteiger partial charge in [0.2, 0.25) is 0 Å². The molecule has 1 aromatic rings. The average molecular weight is 248 g/mol. The normalized spacial score (nSPS) is 19.2. The van der Waals surface area contributed by atoms with Crippen LogP contribution in [0, 0.1) is 5.92 Å². The largest absolute Gasteiger partial charge is 0.396 e. The third-order valence-electron chi connectivity index (χ3n) is 3.49. The summed E-state index contributed by atoms with van der Waals surface area (Å²) in [5.41, 5.74) is 7.33. The smallest absolute Gasteiger partial charge is 0.254 e. The Morgan fingerprint density at radius 1 is 1.44 bits per heavy atom. The molecule has 0 bridgehead atoms. The second-order valence-corrected chi connectivity index (χ2v) is 4.78. The quantitative estimate of drug-likeness (QED) is 0.822. The SMILES string of the molecule is NCCc1ccccc1C(=O)N1CCC(CO)C1. The van der Waals surface area contributed by atoms with Crippen LogP contribution < -0.4 is 5.73 Å². The molecule has 1 saturated heterocycles. The van der Waals surface area contributed by atoms with Gasteiger partial charge in [-0.25, -0.2) is 0 Å². The summed E-state index contributed by atoms with van der Waals surface area (Å²) >= 11 is 0. The fraction of sp³-hybridized carbons (Fsp3) is 0.500. The van der Waals surface area contributed by atoms with Crippen molar-refractivity contribution >= 4 is 5.91 Å². The van der Waals surface area contributed by atoms with Crippen LogP contribution in [0.1, 0.15) is 22.3 Å². The van der Waals surface area contributed by atoms with E-state index in [2.05, 4.69) is 0 Å². The second kappa shape index (κ2) is 5.98. The van der Waals surface area contributed by atoms with E-state index in [0.717, 1.165) is 30.5 Å². The van der Waals surface area contributed by atoms with Gasteiger partial charge in [0, 0.05) is 31.2 Å². The molecule has 0 spiro atoms. The van der Waals surface area contributed by atoms with Gasteiger partial charge in [-0.15, -0.1) is 0 Å². The van der Waals surface area contributed by atoms with Gasteiger partial charge in [0.15, 0.2) is 0 Å². The first kappa shape index (κ1) is 13.1. The van der Waals surface area contributed by atoms with Crippen molar-refractivity contribution in [3.05, 3.63) is 35.4 Å². The second-order valence-electron chi connectivity index (χ2n) is 4.78. The van der Waals surface area contributed by atoms with Crippen LogP contribution in [0.5, 0.6) is 0 Å². The molecule has 1 aliphatic rings. The van der Waals surface area contributed by atoms with Crippen molar-refractivity contribution in [2.24, 2.45) is 11.7 Å². The molecule has 3 N–H and O–H groups in total. The van der Waals surface area contributed by atoms with Gasteiger partial charge in [-0.1, -0.05) is 18.2 Å². The highest BCUT2D eigenvalue weighted by Crippen LogP contribution is 2.20. The van der Waals surface area contributed by atoms with E-state index in [1.165, 1.54) is 0 Å². The van der Waals surface area contributed by atoms with E-state index in [-0.39, 0.29) is 18.4 Å². The third-order valence-corrected chi connectivity index (χ3v) is 3.49. The first-order valence-electron chi connectivity index (χ1n) is 6.44. The molecule has 1 amide bonds. The molecule has 0 aliphatic carbocycles. The Bertz CT molecular complexity index is 420. The monoisotopic (exact) mass is 248 g/mol. The fourth-order valence-corrected chi connectivity index (χ4v) is 2.44. The summed E-state index contributed by atoms with van der Waals surface area (Å²) in [6.07, 6.45) is 1.61. The minimum Gasteiger partial charge on any atom is -0.396 e. The number of nitrogens with zero attached hydrogens (tertiary/aromatic N) is 1. The van der Waals surface area contributed by atoms with Crippen molar-refractivity contribution in [2.45, 2.75) is 12.8 Å². The Kier molecular flexibility index (Phi) is 4.33. The number of hydrogen-bond donors (Lipinski definition) is 2. The van der Waals surface area contributed by atoms with Crippen molar-refractivity contribution < 1.29 is 9.90 Å².